The Labute approximate surface area is 166 Å². The van der Waals surface area contributed by atoms with E-state index in [0.29, 0.717) is 30.9 Å². The number of hydrogen-bond donors (Lipinski definition) is 3. The molecule has 0 aliphatic carbocycles. The summed E-state index contributed by atoms with van der Waals surface area (Å²) in [6.45, 7) is 1.19. The standard InChI is InChI=1S/C16H17NO2.C4H4N2O2S/c17-15(18)16(7-9-19-10-8-16)14-6-5-12-3-1-2-4-13(12)11-14;7-4(6-8)3-1-5-2-9-3/h1-6,11H,7-10H2,(H2,17,18);1-2,8H,(H,6,7). The van der Waals surface area contributed by atoms with Gasteiger partial charge in [0.1, 0.15) is 4.88 Å². The number of benzene rings is 2. The maximum Gasteiger partial charge on any atom is 0.286 e. The van der Waals surface area contributed by atoms with E-state index in [2.05, 4.69) is 29.2 Å². The minimum Gasteiger partial charge on any atom is -0.381 e. The molecule has 1 aliphatic heterocycles. The van der Waals surface area contributed by atoms with Gasteiger partial charge in [-0.25, -0.2) is 5.48 Å². The molecule has 28 heavy (non-hydrogen) atoms. The van der Waals surface area contributed by atoms with Crippen molar-refractivity contribution in [2.75, 3.05) is 13.2 Å². The topological polar surface area (TPSA) is 115 Å². The molecule has 7 nitrogen and oxygen atoms in total. The van der Waals surface area contributed by atoms with Gasteiger partial charge in [0.05, 0.1) is 17.1 Å². The largest absolute Gasteiger partial charge is 0.381 e. The molecular formula is C20H21N3O4S. The van der Waals surface area contributed by atoms with Crippen molar-refractivity contribution in [3.05, 3.63) is 64.6 Å². The van der Waals surface area contributed by atoms with E-state index < -0.39 is 11.3 Å². The molecule has 3 aromatic rings. The molecule has 1 fully saturated rings. The molecule has 1 aromatic heterocycles. The van der Waals surface area contributed by atoms with Gasteiger partial charge in [0, 0.05) is 13.2 Å². The van der Waals surface area contributed by atoms with Crippen LogP contribution in [0.2, 0.25) is 0 Å². The number of thiazole rings is 1. The maximum absolute atomic E-state index is 12.0. The van der Waals surface area contributed by atoms with E-state index >= 15 is 0 Å². The summed E-state index contributed by atoms with van der Waals surface area (Å²) in [6, 6.07) is 14.3. The normalized spacial score (nSPS) is 15.3. The first-order valence-corrected chi connectivity index (χ1v) is 9.64. The van der Waals surface area contributed by atoms with Crippen LogP contribution < -0.4 is 11.2 Å². The molecule has 0 radical (unpaired) electrons. The van der Waals surface area contributed by atoms with Gasteiger partial charge in [0.25, 0.3) is 5.91 Å². The Kier molecular flexibility index (Phi) is 6.35. The van der Waals surface area contributed by atoms with Crippen molar-refractivity contribution in [1.82, 2.24) is 10.5 Å². The molecule has 2 aromatic carbocycles. The molecule has 0 spiro atoms. The summed E-state index contributed by atoms with van der Waals surface area (Å²) >= 11 is 1.17. The van der Waals surface area contributed by atoms with Crippen molar-refractivity contribution in [2.45, 2.75) is 18.3 Å². The Morgan fingerprint density at radius 3 is 2.46 bits per heavy atom. The number of carbonyl (C=O) groups is 2. The van der Waals surface area contributed by atoms with Crippen molar-refractivity contribution in [2.24, 2.45) is 5.73 Å². The minimum atomic E-state index is -0.567. The van der Waals surface area contributed by atoms with Gasteiger partial charge in [-0.2, -0.15) is 0 Å². The first kappa shape index (κ1) is 19.9. The number of nitrogens with two attached hydrogens (primary N) is 1. The van der Waals surface area contributed by atoms with Crippen LogP contribution in [0.3, 0.4) is 0 Å². The molecule has 0 atom stereocenters. The number of aromatic nitrogens is 1. The van der Waals surface area contributed by atoms with Crippen LogP contribution in [0.4, 0.5) is 0 Å². The molecule has 4 N–H and O–H groups in total. The molecular weight excluding hydrogens is 378 g/mol. The Balaban J connectivity index is 0.000000211. The highest BCUT2D eigenvalue weighted by atomic mass is 32.1. The van der Waals surface area contributed by atoms with Gasteiger partial charge in [-0.1, -0.05) is 42.5 Å². The predicted molar refractivity (Wildman–Crippen MR) is 106 cm³/mol. The molecule has 2 heterocycles. The van der Waals surface area contributed by atoms with E-state index in [9.17, 15) is 9.59 Å². The first-order chi connectivity index (χ1) is 13.6. The van der Waals surface area contributed by atoms with Crippen molar-refractivity contribution in [3.8, 4) is 0 Å². The van der Waals surface area contributed by atoms with Crippen molar-refractivity contribution in [1.29, 1.82) is 0 Å². The number of ether oxygens (including phenoxy) is 1. The highest BCUT2D eigenvalue weighted by Gasteiger charge is 2.40. The van der Waals surface area contributed by atoms with Crippen LogP contribution in [0.25, 0.3) is 10.8 Å². The summed E-state index contributed by atoms with van der Waals surface area (Å²) in [5.41, 5.74) is 9.15. The minimum absolute atomic E-state index is 0.244. The zero-order chi connectivity index (χ0) is 20.0. The zero-order valence-corrected chi connectivity index (χ0v) is 15.9. The summed E-state index contributed by atoms with van der Waals surface area (Å²) in [6.07, 6.45) is 2.72. The number of fused-ring (bicyclic) bond motifs is 1. The number of nitrogens with zero attached hydrogens (tertiary/aromatic N) is 1. The van der Waals surface area contributed by atoms with E-state index in [0.717, 1.165) is 10.9 Å². The van der Waals surface area contributed by atoms with Gasteiger partial charge < -0.3 is 10.5 Å². The predicted octanol–water partition coefficient (Wildman–Crippen LogP) is 2.64. The Morgan fingerprint density at radius 2 is 1.86 bits per heavy atom. The van der Waals surface area contributed by atoms with Crippen LogP contribution in [-0.2, 0) is 14.9 Å². The molecule has 8 heteroatoms. The second-order valence-electron chi connectivity index (χ2n) is 6.43. The van der Waals surface area contributed by atoms with Crippen molar-refractivity contribution >= 4 is 33.9 Å². The quantitative estimate of drug-likeness (QED) is 0.463. The SMILES string of the molecule is NC(=O)C1(c2ccc3ccccc3c2)CCOCC1.O=C(NO)c1cncs1. The number of primary amides is 1. The highest BCUT2D eigenvalue weighted by molar-refractivity contribution is 7.11. The lowest BCUT2D eigenvalue weighted by Gasteiger charge is -2.34. The van der Waals surface area contributed by atoms with E-state index in [4.69, 9.17) is 15.7 Å². The van der Waals surface area contributed by atoms with E-state index in [-0.39, 0.29) is 5.91 Å². The van der Waals surface area contributed by atoms with Gasteiger partial charge in [0.2, 0.25) is 5.91 Å². The smallest absolute Gasteiger partial charge is 0.286 e. The monoisotopic (exact) mass is 399 g/mol. The van der Waals surface area contributed by atoms with Gasteiger partial charge in [-0.15, -0.1) is 11.3 Å². The van der Waals surface area contributed by atoms with Crippen molar-refractivity contribution < 1.29 is 19.5 Å². The summed E-state index contributed by atoms with van der Waals surface area (Å²) in [5, 5.41) is 10.4. The third-order valence-corrected chi connectivity index (χ3v) is 5.65. The molecule has 2 amide bonds. The van der Waals surface area contributed by atoms with Crippen LogP contribution in [0.15, 0.2) is 54.2 Å². The number of rotatable bonds is 3. The summed E-state index contributed by atoms with van der Waals surface area (Å²) < 4.78 is 5.38. The molecule has 4 rings (SSSR count). The molecule has 146 valence electrons. The number of carbonyl (C=O) groups excluding carboxylic acids is 2. The average molecular weight is 399 g/mol. The lowest BCUT2D eigenvalue weighted by atomic mass is 9.73. The van der Waals surface area contributed by atoms with Crippen LogP contribution in [0.1, 0.15) is 28.1 Å². The molecule has 1 aliphatic rings. The second kappa shape index (κ2) is 8.92. The Bertz CT molecular complexity index is 953. The fourth-order valence-corrected chi connectivity index (χ4v) is 3.78. The molecule has 0 saturated carbocycles. The van der Waals surface area contributed by atoms with Crippen LogP contribution >= 0.6 is 11.3 Å². The third kappa shape index (κ3) is 4.19. The fourth-order valence-electron chi connectivity index (χ4n) is 3.27. The van der Waals surface area contributed by atoms with Gasteiger partial charge >= 0.3 is 0 Å². The van der Waals surface area contributed by atoms with Gasteiger partial charge in [-0.05, 0) is 29.2 Å². The number of amides is 2. The van der Waals surface area contributed by atoms with Crippen LogP contribution in [-0.4, -0.2) is 35.2 Å². The molecule has 0 unspecified atom stereocenters. The van der Waals surface area contributed by atoms with E-state index in [1.54, 1.807) is 0 Å². The lowest BCUT2D eigenvalue weighted by Crippen LogP contribution is -2.45. The lowest BCUT2D eigenvalue weighted by molar-refractivity contribution is -0.127. The van der Waals surface area contributed by atoms with Crippen LogP contribution in [0, 0.1) is 0 Å². The van der Waals surface area contributed by atoms with Gasteiger partial charge in [0.15, 0.2) is 0 Å². The first-order valence-electron chi connectivity index (χ1n) is 8.77. The summed E-state index contributed by atoms with van der Waals surface area (Å²) in [5.74, 6) is -0.761. The fraction of sp³-hybridized carbons (Fsp3) is 0.250. The van der Waals surface area contributed by atoms with E-state index in [1.165, 1.54) is 33.9 Å². The number of nitrogens with one attached hydrogen (secondary N) is 1. The van der Waals surface area contributed by atoms with Crippen LogP contribution in [0.5, 0.6) is 0 Å². The molecule has 0 bridgehead atoms. The van der Waals surface area contributed by atoms with E-state index in [1.807, 2.05) is 18.2 Å². The van der Waals surface area contributed by atoms with Crippen molar-refractivity contribution in [3.63, 3.8) is 0 Å². The Hall–Kier alpha value is -2.81. The Morgan fingerprint density at radius 1 is 1.14 bits per heavy atom. The third-order valence-electron chi connectivity index (χ3n) is 4.88. The van der Waals surface area contributed by atoms with Gasteiger partial charge in [-0.3, -0.25) is 19.8 Å². The average Bonchev–Trinajstić information content (AvgIpc) is 3.28. The second-order valence-corrected chi connectivity index (χ2v) is 7.31. The number of hydrogen-bond acceptors (Lipinski definition) is 6. The zero-order valence-electron chi connectivity index (χ0n) is 15.1. The summed E-state index contributed by atoms with van der Waals surface area (Å²) in [7, 11) is 0. The molecule has 1 saturated heterocycles. The maximum atomic E-state index is 12.0. The number of hydroxylamine groups is 1. The summed E-state index contributed by atoms with van der Waals surface area (Å²) in [4.78, 5) is 26.5. The highest BCUT2D eigenvalue weighted by Crippen LogP contribution is 2.36.